The fourth-order valence-electron chi connectivity index (χ4n) is 2.98. The number of carbonyl (C=O) groups is 1. The highest BCUT2D eigenvalue weighted by molar-refractivity contribution is 6.13. The summed E-state index contributed by atoms with van der Waals surface area (Å²) < 4.78 is 10.3. The van der Waals surface area contributed by atoms with Crippen LogP contribution in [0.2, 0.25) is 0 Å². The Morgan fingerprint density at radius 2 is 1.12 bits per heavy atom. The van der Waals surface area contributed by atoms with Crippen LogP contribution in [0.25, 0.3) is 12.2 Å². The van der Waals surface area contributed by atoms with Crippen LogP contribution in [0.5, 0.6) is 11.5 Å². The van der Waals surface area contributed by atoms with Crippen molar-refractivity contribution in [1.82, 2.24) is 0 Å². The molecule has 0 aliphatic heterocycles. The van der Waals surface area contributed by atoms with Crippen LogP contribution in [0, 0.1) is 0 Å². The molecule has 3 rings (SSSR count). The third kappa shape index (κ3) is 4.18. The molecule has 25 heavy (non-hydrogen) atoms. The Balaban J connectivity index is 1.81. The van der Waals surface area contributed by atoms with Gasteiger partial charge >= 0.3 is 0 Å². The summed E-state index contributed by atoms with van der Waals surface area (Å²) >= 11 is 0. The Hall–Kier alpha value is -2.81. The lowest BCUT2D eigenvalue weighted by Gasteiger charge is -2.16. The number of rotatable bonds is 4. The van der Waals surface area contributed by atoms with Gasteiger partial charge in [0.1, 0.15) is 11.5 Å². The fraction of sp³-hybridized carbons (Fsp3) is 0.227. The first kappa shape index (κ1) is 17.0. The number of ketones is 1. The molecule has 3 nitrogen and oxygen atoms in total. The van der Waals surface area contributed by atoms with E-state index in [9.17, 15) is 4.79 Å². The summed E-state index contributed by atoms with van der Waals surface area (Å²) in [7, 11) is 3.29. The molecule has 1 aliphatic carbocycles. The van der Waals surface area contributed by atoms with E-state index in [2.05, 4.69) is 0 Å². The molecule has 0 unspecified atom stereocenters. The van der Waals surface area contributed by atoms with E-state index in [4.69, 9.17) is 9.47 Å². The maximum atomic E-state index is 12.8. The number of methoxy groups -OCH3 is 2. The van der Waals surface area contributed by atoms with Crippen LogP contribution in [-0.2, 0) is 4.79 Å². The Morgan fingerprint density at radius 3 is 1.48 bits per heavy atom. The van der Waals surface area contributed by atoms with Gasteiger partial charge in [-0.15, -0.1) is 0 Å². The number of ether oxygens (including phenoxy) is 2. The molecule has 1 fully saturated rings. The average molecular weight is 334 g/mol. The van der Waals surface area contributed by atoms with Crippen molar-refractivity contribution < 1.29 is 14.3 Å². The Morgan fingerprint density at radius 1 is 0.720 bits per heavy atom. The highest BCUT2D eigenvalue weighted by Crippen LogP contribution is 2.28. The number of hydrogen-bond donors (Lipinski definition) is 0. The van der Waals surface area contributed by atoms with Crippen LogP contribution in [0.4, 0.5) is 0 Å². The summed E-state index contributed by atoms with van der Waals surface area (Å²) in [6, 6.07) is 15.5. The van der Waals surface area contributed by atoms with E-state index in [1.165, 1.54) is 0 Å². The zero-order valence-corrected chi connectivity index (χ0v) is 14.6. The number of allylic oxidation sites excluding steroid dienone is 2. The second kappa shape index (κ2) is 7.84. The number of hydrogen-bond acceptors (Lipinski definition) is 3. The second-order valence-electron chi connectivity index (χ2n) is 6.07. The van der Waals surface area contributed by atoms with Crippen LogP contribution in [0.3, 0.4) is 0 Å². The van der Waals surface area contributed by atoms with Crippen LogP contribution in [-0.4, -0.2) is 20.0 Å². The zero-order chi connectivity index (χ0) is 17.6. The largest absolute Gasteiger partial charge is 0.497 e. The summed E-state index contributed by atoms with van der Waals surface area (Å²) in [6.07, 6.45) is 6.62. The quantitative estimate of drug-likeness (QED) is 0.744. The van der Waals surface area contributed by atoms with Crippen molar-refractivity contribution in [1.29, 1.82) is 0 Å². The monoisotopic (exact) mass is 334 g/mol. The average Bonchev–Trinajstić information content (AvgIpc) is 2.66. The second-order valence-corrected chi connectivity index (χ2v) is 6.07. The topological polar surface area (TPSA) is 35.5 Å². The van der Waals surface area contributed by atoms with Crippen LogP contribution in [0.15, 0.2) is 59.7 Å². The lowest BCUT2D eigenvalue weighted by Crippen LogP contribution is -2.12. The van der Waals surface area contributed by atoms with E-state index in [1.807, 2.05) is 60.7 Å². The number of Topliss-reactive ketones (excluding diaryl/α,β-unsaturated/α-hetero) is 1. The van der Waals surface area contributed by atoms with Crippen molar-refractivity contribution in [2.24, 2.45) is 0 Å². The molecule has 0 amide bonds. The predicted octanol–water partition coefficient (Wildman–Crippen LogP) is 4.92. The van der Waals surface area contributed by atoms with Crippen molar-refractivity contribution >= 4 is 17.9 Å². The van der Waals surface area contributed by atoms with Gasteiger partial charge in [-0.05, 0) is 66.8 Å². The first-order valence-corrected chi connectivity index (χ1v) is 8.43. The van der Waals surface area contributed by atoms with Gasteiger partial charge in [0.2, 0.25) is 0 Å². The maximum absolute atomic E-state index is 12.8. The molecule has 1 aliphatic rings. The minimum absolute atomic E-state index is 0.151. The molecule has 1 saturated carbocycles. The summed E-state index contributed by atoms with van der Waals surface area (Å²) in [5, 5.41) is 0. The molecule has 0 atom stereocenters. The van der Waals surface area contributed by atoms with E-state index >= 15 is 0 Å². The third-order valence-electron chi connectivity index (χ3n) is 4.39. The van der Waals surface area contributed by atoms with Crippen LogP contribution >= 0.6 is 0 Å². The highest BCUT2D eigenvalue weighted by atomic mass is 16.5. The summed E-state index contributed by atoms with van der Waals surface area (Å²) in [6.45, 7) is 0. The molecule has 128 valence electrons. The lowest BCUT2D eigenvalue weighted by atomic mass is 9.87. The van der Waals surface area contributed by atoms with Gasteiger partial charge < -0.3 is 9.47 Å². The van der Waals surface area contributed by atoms with E-state index in [-0.39, 0.29) is 5.78 Å². The van der Waals surface area contributed by atoms with Gasteiger partial charge in [0.05, 0.1) is 14.2 Å². The smallest absolute Gasteiger partial charge is 0.185 e. The van der Waals surface area contributed by atoms with Crippen molar-refractivity contribution in [3.05, 3.63) is 70.8 Å². The lowest BCUT2D eigenvalue weighted by molar-refractivity contribution is -0.112. The van der Waals surface area contributed by atoms with Gasteiger partial charge in [-0.1, -0.05) is 24.3 Å². The predicted molar refractivity (Wildman–Crippen MR) is 101 cm³/mol. The maximum Gasteiger partial charge on any atom is 0.185 e. The highest BCUT2D eigenvalue weighted by Gasteiger charge is 2.20. The Bertz CT molecular complexity index is 729. The van der Waals surface area contributed by atoms with E-state index in [0.29, 0.717) is 0 Å². The Labute approximate surface area is 148 Å². The summed E-state index contributed by atoms with van der Waals surface area (Å²) in [5.41, 5.74) is 3.79. The summed E-state index contributed by atoms with van der Waals surface area (Å²) in [5.74, 6) is 1.78. The molecule has 3 heteroatoms. The van der Waals surface area contributed by atoms with Gasteiger partial charge in [0, 0.05) is 11.1 Å². The van der Waals surface area contributed by atoms with Crippen molar-refractivity contribution in [3.8, 4) is 11.5 Å². The first-order chi connectivity index (χ1) is 12.2. The molecule has 0 heterocycles. The van der Waals surface area contributed by atoms with Gasteiger partial charge in [0.25, 0.3) is 0 Å². The van der Waals surface area contributed by atoms with Gasteiger partial charge in [-0.3, -0.25) is 4.79 Å². The third-order valence-corrected chi connectivity index (χ3v) is 4.39. The SMILES string of the molecule is COc1ccc(C=C2CCC/C(=C\c3ccc(OC)cc3)C2=O)cc1. The van der Waals surface area contributed by atoms with Gasteiger partial charge in [-0.25, -0.2) is 0 Å². The van der Waals surface area contributed by atoms with Crippen LogP contribution < -0.4 is 9.47 Å². The molecule has 0 spiro atoms. The van der Waals surface area contributed by atoms with Crippen LogP contribution in [0.1, 0.15) is 30.4 Å². The Kier molecular flexibility index (Phi) is 5.34. The normalized spacial score (nSPS) is 17.8. The minimum Gasteiger partial charge on any atom is -0.497 e. The van der Waals surface area contributed by atoms with E-state index in [1.54, 1.807) is 14.2 Å². The molecule has 0 N–H and O–H groups in total. The molecule has 0 aromatic heterocycles. The molecular weight excluding hydrogens is 312 g/mol. The molecule has 0 radical (unpaired) electrons. The fourth-order valence-corrected chi connectivity index (χ4v) is 2.98. The van der Waals surface area contributed by atoms with Crippen molar-refractivity contribution in [2.75, 3.05) is 14.2 Å². The molecular formula is C22H22O3. The first-order valence-electron chi connectivity index (χ1n) is 8.43. The van der Waals surface area contributed by atoms with Crippen molar-refractivity contribution in [2.45, 2.75) is 19.3 Å². The molecule has 0 bridgehead atoms. The van der Waals surface area contributed by atoms with E-state index in [0.717, 1.165) is 53.0 Å². The number of benzene rings is 2. The van der Waals surface area contributed by atoms with Gasteiger partial charge in [-0.2, -0.15) is 0 Å². The number of carbonyl (C=O) groups excluding carboxylic acids is 1. The minimum atomic E-state index is 0.151. The zero-order valence-electron chi connectivity index (χ0n) is 14.6. The van der Waals surface area contributed by atoms with Gasteiger partial charge in [0.15, 0.2) is 5.78 Å². The van der Waals surface area contributed by atoms with Crippen molar-refractivity contribution in [3.63, 3.8) is 0 Å². The molecule has 2 aromatic rings. The standard InChI is InChI=1S/C22H22O3/c1-24-20-10-6-16(7-11-20)14-18-4-3-5-19(22(18)23)15-17-8-12-21(25-2)13-9-17/h6-15H,3-5H2,1-2H3/b18-14+,19-15?. The molecule has 0 saturated heterocycles. The summed E-state index contributed by atoms with van der Waals surface area (Å²) in [4.78, 5) is 12.8. The van der Waals surface area contributed by atoms with E-state index < -0.39 is 0 Å². The molecule has 2 aromatic carbocycles.